The summed E-state index contributed by atoms with van der Waals surface area (Å²) in [5, 5.41) is 4.16. The number of nitrogens with zero attached hydrogens (tertiary/aromatic N) is 3. The third-order valence-electron chi connectivity index (χ3n) is 7.04. The van der Waals surface area contributed by atoms with E-state index < -0.39 is 0 Å². The molecule has 2 aliphatic rings. The summed E-state index contributed by atoms with van der Waals surface area (Å²) < 4.78 is 2.17. The van der Waals surface area contributed by atoms with Gasteiger partial charge in [-0.05, 0) is 50.6 Å². The van der Waals surface area contributed by atoms with Crippen molar-refractivity contribution in [3.05, 3.63) is 70.9 Å². The average Bonchev–Trinajstić information content (AvgIpc) is 3.48. The average molecular weight is 431 g/mol. The first-order valence-electron chi connectivity index (χ1n) is 11.5. The molecule has 1 aromatic heterocycles. The summed E-state index contributed by atoms with van der Waals surface area (Å²) >= 11 is 0. The zero-order valence-corrected chi connectivity index (χ0v) is 18.8. The van der Waals surface area contributed by atoms with Crippen LogP contribution in [0.3, 0.4) is 0 Å². The first kappa shape index (κ1) is 20.8. The van der Waals surface area contributed by atoms with Crippen LogP contribution in [0.15, 0.2) is 48.5 Å². The minimum absolute atomic E-state index is 0.0564. The SMILES string of the molecule is Cc1c([C@@H]2c3ccccc3C(=O)N2CC(=O)NCCN2CCCC2)c2ccccc2n1C. The van der Waals surface area contributed by atoms with E-state index in [4.69, 9.17) is 0 Å². The molecule has 6 nitrogen and oxygen atoms in total. The van der Waals surface area contributed by atoms with Crippen LogP contribution in [0.1, 0.15) is 46.1 Å². The Labute approximate surface area is 188 Å². The second-order valence-electron chi connectivity index (χ2n) is 8.90. The Morgan fingerprint density at radius 1 is 1.06 bits per heavy atom. The highest BCUT2D eigenvalue weighted by Crippen LogP contribution is 2.43. The Morgan fingerprint density at radius 2 is 1.78 bits per heavy atom. The summed E-state index contributed by atoms with van der Waals surface area (Å²) in [5.41, 5.74) is 5.01. The summed E-state index contributed by atoms with van der Waals surface area (Å²) in [6, 6.07) is 15.8. The molecule has 1 atom stereocenters. The lowest BCUT2D eigenvalue weighted by Crippen LogP contribution is -2.42. The first-order valence-corrected chi connectivity index (χ1v) is 11.5. The van der Waals surface area contributed by atoms with Crippen LogP contribution in [0.25, 0.3) is 10.9 Å². The van der Waals surface area contributed by atoms with Crippen LogP contribution in [-0.4, -0.2) is 58.9 Å². The van der Waals surface area contributed by atoms with Gasteiger partial charge in [0.25, 0.3) is 5.91 Å². The Hall–Kier alpha value is -3.12. The number of benzene rings is 2. The van der Waals surface area contributed by atoms with Gasteiger partial charge in [-0.1, -0.05) is 36.4 Å². The summed E-state index contributed by atoms with van der Waals surface area (Å²) in [5.74, 6) is -0.180. The van der Waals surface area contributed by atoms with Crippen molar-refractivity contribution in [3.63, 3.8) is 0 Å². The monoisotopic (exact) mass is 430 g/mol. The van der Waals surface area contributed by atoms with Crippen molar-refractivity contribution in [3.8, 4) is 0 Å². The molecule has 2 amide bonds. The third kappa shape index (κ3) is 3.48. The van der Waals surface area contributed by atoms with Crippen molar-refractivity contribution in [2.24, 2.45) is 7.05 Å². The molecule has 0 aliphatic carbocycles. The van der Waals surface area contributed by atoms with E-state index in [1.807, 2.05) is 36.4 Å². The molecule has 32 heavy (non-hydrogen) atoms. The maximum Gasteiger partial charge on any atom is 0.255 e. The molecule has 1 saturated heterocycles. The van der Waals surface area contributed by atoms with Crippen molar-refractivity contribution < 1.29 is 9.59 Å². The van der Waals surface area contributed by atoms with Gasteiger partial charge >= 0.3 is 0 Å². The molecule has 1 fully saturated rings. The minimum atomic E-state index is -0.269. The lowest BCUT2D eigenvalue weighted by Gasteiger charge is -2.26. The second-order valence-corrected chi connectivity index (χ2v) is 8.90. The van der Waals surface area contributed by atoms with Gasteiger partial charge in [-0.15, -0.1) is 0 Å². The summed E-state index contributed by atoms with van der Waals surface area (Å²) in [6.07, 6.45) is 2.47. The number of hydrogen-bond acceptors (Lipinski definition) is 3. The number of carbonyl (C=O) groups excluding carboxylic acids is 2. The summed E-state index contributed by atoms with van der Waals surface area (Å²) in [7, 11) is 2.05. The normalized spacial score (nSPS) is 18.5. The predicted molar refractivity (Wildman–Crippen MR) is 126 cm³/mol. The van der Waals surface area contributed by atoms with E-state index in [2.05, 4.69) is 40.9 Å². The van der Waals surface area contributed by atoms with Crippen LogP contribution >= 0.6 is 0 Å². The van der Waals surface area contributed by atoms with Gasteiger partial charge in [0.15, 0.2) is 0 Å². The van der Waals surface area contributed by atoms with E-state index in [-0.39, 0.29) is 24.4 Å². The third-order valence-corrected chi connectivity index (χ3v) is 7.04. The fourth-order valence-electron chi connectivity index (χ4n) is 5.31. The van der Waals surface area contributed by atoms with Crippen LogP contribution in [0.5, 0.6) is 0 Å². The van der Waals surface area contributed by atoms with Crippen molar-refractivity contribution in [2.75, 3.05) is 32.7 Å². The Kier molecular flexibility index (Phi) is 5.47. The van der Waals surface area contributed by atoms with Gasteiger partial charge in [-0.3, -0.25) is 9.59 Å². The quantitative estimate of drug-likeness (QED) is 0.653. The van der Waals surface area contributed by atoms with Gasteiger partial charge < -0.3 is 19.7 Å². The highest BCUT2D eigenvalue weighted by Gasteiger charge is 2.40. The van der Waals surface area contributed by atoms with Crippen molar-refractivity contribution >= 4 is 22.7 Å². The van der Waals surface area contributed by atoms with Gasteiger partial charge in [0.2, 0.25) is 5.91 Å². The maximum absolute atomic E-state index is 13.4. The van der Waals surface area contributed by atoms with Crippen LogP contribution in [0, 0.1) is 6.92 Å². The van der Waals surface area contributed by atoms with Crippen molar-refractivity contribution in [1.82, 2.24) is 19.7 Å². The number of aromatic nitrogens is 1. The molecule has 5 rings (SSSR count). The number of nitrogens with one attached hydrogen (secondary N) is 1. The second kappa shape index (κ2) is 8.43. The predicted octanol–water partition coefficient (Wildman–Crippen LogP) is 3.24. The van der Waals surface area contributed by atoms with Gasteiger partial charge in [-0.25, -0.2) is 0 Å². The molecule has 0 radical (unpaired) electrons. The van der Waals surface area contributed by atoms with Crippen LogP contribution in [-0.2, 0) is 11.8 Å². The number of carbonyl (C=O) groups is 2. The summed E-state index contributed by atoms with van der Waals surface area (Å²) in [4.78, 5) is 30.4. The molecule has 166 valence electrons. The number of likely N-dealkylation sites (tertiary alicyclic amines) is 1. The first-order chi connectivity index (χ1) is 15.6. The van der Waals surface area contributed by atoms with Crippen LogP contribution in [0.4, 0.5) is 0 Å². The molecule has 0 unspecified atom stereocenters. The molecule has 0 saturated carbocycles. The van der Waals surface area contributed by atoms with E-state index in [1.165, 1.54) is 12.8 Å². The van der Waals surface area contributed by atoms with Crippen molar-refractivity contribution in [2.45, 2.75) is 25.8 Å². The highest BCUT2D eigenvalue weighted by molar-refractivity contribution is 6.02. The van der Waals surface area contributed by atoms with E-state index in [9.17, 15) is 9.59 Å². The van der Waals surface area contributed by atoms with Crippen molar-refractivity contribution in [1.29, 1.82) is 0 Å². The zero-order chi connectivity index (χ0) is 22.2. The van der Waals surface area contributed by atoms with Gasteiger partial charge in [0.1, 0.15) is 6.54 Å². The zero-order valence-electron chi connectivity index (χ0n) is 18.8. The molecule has 0 bridgehead atoms. The summed E-state index contributed by atoms with van der Waals surface area (Å²) in [6.45, 7) is 5.85. The fraction of sp³-hybridized carbons (Fsp3) is 0.385. The van der Waals surface area contributed by atoms with E-state index in [0.717, 1.165) is 47.4 Å². The molecule has 2 aliphatic heterocycles. The molecular formula is C26H30N4O2. The number of hydrogen-bond donors (Lipinski definition) is 1. The number of aryl methyl sites for hydroxylation is 1. The van der Waals surface area contributed by atoms with E-state index in [1.54, 1.807) is 4.90 Å². The largest absolute Gasteiger partial charge is 0.353 e. The molecule has 3 heterocycles. The molecule has 3 aromatic rings. The van der Waals surface area contributed by atoms with Gasteiger partial charge in [0, 0.05) is 47.9 Å². The highest BCUT2D eigenvalue weighted by atomic mass is 16.2. The van der Waals surface area contributed by atoms with Gasteiger partial charge in [-0.2, -0.15) is 0 Å². The molecule has 6 heteroatoms. The Balaban J connectivity index is 1.45. The minimum Gasteiger partial charge on any atom is -0.353 e. The van der Waals surface area contributed by atoms with E-state index >= 15 is 0 Å². The molecule has 0 spiro atoms. The Bertz CT molecular complexity index is 1180. The van der Waals surface area contributed by atoms with Crippen LogP contribution in [0.2, 0.25) is 0 Å². The standard InChI is InChI=1S/C26H30N4O2/c1-18-24(21-11-5-6-12-22(21)28(18)2)25-19-9-3-4-10-20(19)26(32)30(25)17-23(31)27-13-16-29-14-7-8-15-29/h3-6,9-12,25H,7-8,13-17H2,1-2H3,(H,27,31)/t25-/m0/s1. The van der Waals surface area contributed by atoms with E-state index in [0.29, 0.717) is 12.1 Å². The van der Waals surface area contributed by atoms with Crippen LogP contribution < -0.4 is 5.32 Å². The van der Waals surface area contributed by atoms with Gasteiger partial charge in [0.05, 0.1) is 6.04 Å². The maximum atomic E-state index is 13.4. The lowest BCUT2D eigenvalue weighted by molar-refractivity contribution is -0.122. The Morgan fingerprint density at radius 3 is 2.59 bits per heavy atom. The number of amides is 2. The lowest BCUT2D eigenvalue weighted by atomic mass is 9.95. The number of rotatable bonds is 6. The molecule has 2 aromatic carbocycles. The fourth-order valence-corrected chi connectivity index (χ4v) is 5.31. The number of para-hydroxylation sites is 1. The topological polar surface area (TPSA) is 57.6 Å². The number of fused-ring (bicyclic) bond motifs is 2. The molecular weight excluding hydrogens is 400 g/mol. The smallest absolute Gasteiger partial charge is 0.255 e. The molecule has 1 N–H and O–H groups in total.